The van der Waals surface area contributed by atoms with E-state index in [4.69, 9.17) is 0 Å². The second kappa shape index (κ2) is 4.82. The Morgan fingerprint density at radius 2 is 2.06 bits per heavy atom. The lowest BCUT2D eigenvalue weighted by molar-refractivity contribution is -0.385. The molecule has 2 N–H and O–H groups in total. The molecular weight excluding hydrogens is 224 g/mol. The number of amides is 1. The number of phenols is 1. The van der Waals surface area contributed by atoms with Crippen molar-refractivity contribution in [2.45, 2.75) is 26.8 Å². The zero-order valence-corrected chi connectivity index (χ0v) is 9.85. The van der Waals surface area contributed by atoms with E-state index >= 15 is 0 Å². The van der Waals surface area contributed by atoms with Crippen molar-refractivity contribution in [2.75, 3.05) is 0 Å². The van der Waals surface area contributed by atoms with Crippen LogP contribution in [0, 0.1) is 17.0 Å². The molecule has 0 heterocycles. The molecule has 0 saturated heterocycles. The predicted molar refractivity (Wildman–Crippen MR) is 62.1 cm³/mol. The van der Waals surface area contributed by atoms with E-state index in [0.717, 1.165) is 6.07 Å². The van der Waals surface area contributed by atoms with Crippen LogP contribution >= 0.6 is 0 Å². The molecule has 1 rings (SSSR count). The number of benzene rings is 1. The lowest BCUT2D eigenvalue weighted by atomic mass is 10.1. The topological polar surface area (TPSA) is 92.5 Å². The highest BCUT2D eigenvalue weighted by molar-refractivity contribution is 5.96. The normalized spacial score (nSPS) is 10.4. The largest absolute Gasteiger partial charge is 0.502 e. The zero-order chi connectivity index (χ0) is 13.2. The number of carbonyl (C=O) groups is 1. The minimum Gasteiger partial charge on any atom is -0.502 e. The average molecular weight is 238 g/mol. The van der Waals surface area contributed by atoms with Crippen molar-refractivity contribution in [1.82, 2.24) is 5.32 Å². The van der Waals surface area contributed by atoms with E-state index < -0.39 is 16.4 Å². The maximum absolute atomic E-state index is 11.7. The van der Waals surface area contributed by atoms with E-state index in [1.165, 1.54) is 6.07 Å². The summed E-state index contributed by atoms with van der Waals surface area (Å²) in [7, 11) is 0. The molecule has 0 spiro atoms. The SMILES string of the molecule is Cc1cc(O)c([N+](=O)[O-])cc1C(=O)NC(C)C. The minimum absolute atomic E-state index is 0.0604. The van der Waals surface area contributed by atoms with Gasteiger partial charge < -0.3 is 10.4 Å². The van der Waals surface area contributed by atoms with Crippen molar-refractivity contribution in [3.05, 3.63) is 33.4 Å². The zero-order valence-electron chi connectivity index (χ0n) is 9.85. The highest BCUT2D eigenvalue weighted by Crippen LogP contribution is 2.28. The number of nitrogens with one attached hydrogen (secondary N) is 1. The van der Waals surface area contributed by atoms with Gasteiger partial charge in [-0.15, -0.1) is 0 Å². The Hall–Kier alpha value is -2.11. The Balaban J connectivity index is 3.20. The smallest absolute Gasteiger partial charge is 0.311 e. The van der Waals surface area contributed by atoms with Crippen LogP contribution in [0.5, 0.6) is 5.75 Å². The Bertz CT molecular complexity index is 469. The summed E-state index contributed by atoms with van der Waals surface area (Å²) >= 11 is 0. The molecular formula is C11H14N2O4. The molecule has 6 nitrogen and oxygen atoms in total. The number of hydrogen-bond donors (Lipinski definition) is 2. The molecule has 1 aromatic rings. The third-order valence-corrected chi connectivity index (χ3v) is 2.18. The summed E-state index contributed by atoms with van der Waals surface area (Å²) in [6.07, 6.45) is 0. The molecule has 6 heteroatoms. The third kappa shape index (κ3) is 2.93. The summed E-state index contributed by atoms with van der Waals surface area (Å²) in [6.45, 7) is 5.20. The van der Waals surface area contributed by atoms with Gasteiger partial charge in [0.05, 0.1) is 4.92 Å². The van der Waals surface area contributed by atoms with E-state index in [1.54, 1.807) is 20.8 Å². The lowest BCUT2D eigenvalue weighted by Crippen LogP contribution is -2.30. The van der Waals surface area contributed by atoms with Crippen molar-refractivity contribution in [1.29, 1.82) is 0 Å². The van der Waals surface area contributed by atoms with Gasteiger partial charge in [-0.3, -0.25) is 14.9 Å². The Labute approximate surface area is 98.4 Å². The molecule has 92 valence electrons. The number of rotatable bonds is 3. The lowest BCUT2D eigenvalue weighted by Gasteiger charge is -2.10. The summed E-state index contributed by atoms with van der Waals surface area (Å²) in [6, 6.07) is 2.24. The molecule has 0 aliphatic rings. The fourth-order valence-electron chi connectivity index (χ4n) is 1.41. The van der Waals surface area contributed by atoms with Gasteiger partial charge in [0.25, 0.3) is 5.91 Å². The first kappa shape index (κ1) is 13.0. The van der Waals surface area contributed by atoms with Gasteiger partial charge >= 0.3 is 5.69 Å². The highest BCUT2D eigenvalue weighted by atomic mass is 16.6. The summed E-state index contributed by atoms with van der Waals surface area (Å²) < 4.78 is 0. The maximum atomic E-state index is 11.7. The molecule has 1 aromatic carbocycles. The molecule has 0 radical (unpaired) electrons. The van der Waals surface area contributed by atoms with Crippen LogP contribution in [0.2, 0.25) is 0 Å². The third-order valence-electron chi connectivity index (χ3n) is 2.18. The van der Waals surface area contributed by atoms with Gasteiger partial charge in [0.1, 0.15) is 0 Å². The average Bonchev–Trinajstić information content (AvgIpc) is 2.15. The van der Waals surface area contributed by atoms with Crippen molar-refractivity contribution in [2.24, 2.45) is 0 Å². The van der Waals surface area contributed by atoms with Crippen LogP contribution < -0.4 is 5.32 Å². The van der Waals surface area contributed by atoms with Gasteiger partial charge in [0.2, 0.25) is 0 Å². The second-order valence-electron chi connectivity index (χ2n) is 4.04. The number of nitro benzene ring substituents is 1. The van der Waals surface area contributed by atoms with E-state index in [9.17, 15) is 20.0 Å². The number of carbonyl (C=O) groups excluding carboxylic acids is 1. The van der Waals surface area contributed by atoms with Crippen LogP contribution in [-0.2, 0) is 0 Å². The molecule has 1 amide bonds. The molecule has 0 aromatic heterocycles. The molecule has 17 heavy (non-hydrogen) atoms. The van der Waals surface area contributed by atoms with Gasteiger partial charge in [0, 0.05) is 17.7 Å². The van der Waals surface area contributed by atoms with Crippen LogP contribution in [0.1, 0.15) is 29.8 Å². The first-order valence-electron chi connectivity index (χ1n) is 5.11. The Kier molecular flexibility index (Phi) is 3.67. The molecule has 0 aliphatic heterocycles. The number of nitro groups is 1. The Morgan fingerprint density at radius 3 is 2.53 bits per heavy atom. The van der Waals surface area contributed by atoms with Crippen LogP contribution in [-0.4, -0.2) is 22.0 Å². The fraction of sp³-hybridized carbons (Fsp3) is 0.364. The first-order valence-corrected chi connectivity index (χ1v) is 5.11. The van der Waals surface area contributed by atoms with Crippen LogP contribution in [0.3, 0.4) is 0 Å². The van der Waals surface area contributed by atoms with Crippen LogP contribution in [0.25, 0.3) is 0 Å². The van der Waals surface area contributed by atoms with Crippen molar-refractivity contribution < 1.29 is 14.8 Å². The van der Waals surface area contributed by atoms with E-state index in [-0.39, 0.29) is 17.5 Å². The quantitative estimate of drug-likeness (QED) is 0.619. The number of aryl methyl sites for hydroxylation is 1. The molecule has 0 fully saturated rings. The fourth-order valence-corrected chi connectivity index (χ4v) is 1.41. The van der Waals surface area contributed by atoms with Crippen LogP contribution in [0.4, 0.5) is 5.69 Å². The molecule has 0 atom stereocenters. The van der Waals surface area contributed by atoms with Crippen molar-refractivity contribution in [3.63, 3.8) is 0 Å². The second-order valence-corrected chi connectivity index (χ2v) is 4.04. The van der Waals surface area contributed by atoms with Gasteiger partial charge in [-0.2, -0.15) is 0 Å². The van der Waals surface area contributed by atoms with E-state index in [0.29, 0.717) is 5.56 Å². The Morgan fingerprint density at radius 1 is 1.47 bits per heavy atom. The number of phenolic OH excluding ortho intramolecular Hbond substituents is 1. The summed E-state index contributed by atoms with van der Waals surface area (Å²) in [5, 5.41) is 22.7. The van der Waals surface area contributed by atoms with E-state index in [1.807, 2.05) is 0 Å². The molecule has 0 unspecified atom stereocenters. The van der Waals surface area contributed by atoms with E-state index in [2.05, 4.69) is 5.32 Å². The van der Waals surface area contributed by atoms with Gasteiger partial charge in [0.15, 0.2) is 5.75 Å². The van der Waals surface area contributed by atoms with Crippen molar-refractivity contribution >= 4 is 11.6 Å². The van der Waals surface area contributed by atoms with Crippen molar-refractivity contribution in [3.8, 4) is 5.75 Å². The molecule has 0 saturated carbocycles. The van der Waals surface area contributed by atoms with Gasteiger partial charge in [-0.05, 0) is 32.4 Å². The van der Waals surface area contributed by atoms with Gasteiger partial charge in [-0.1, -0.05) is 0 Å². The summed E-state index contributed by atoms with van der Waals surface area (Å²) in [5.41, 5.74) is 0.221. The summed E-state index contributed by atoms with van der Waals surface area (Å²) in [5.74, 6) is -0.825. The summed E-state index contributed by atoms with van der Waals surface area (Å²) in [4.78, 5) is 21.7. The van der Waals surface area contributed by atoms with Gasteiger partial charge in [-0.25, -0.2) is 0 Å². The maximum Gasteiger partial charge on any atom is 0.311 e. The standard InChI is InChI=1S/C11H14N2O4/c1-6(2)12-11(15)8-5-9(13(16)17)10(14)4-7(8)3/h4-6,14H,1-3H3,(H,12,15). The first-order chi connectivity index (χ1) is 7.82. The number of aromatic hydroxyl groups is 1. The molecule has 0 bridgehead atoms. The number of nitrogens with zero attached hydrogens (tertiary/aromatic N) is 1. The minimum atomic E-state index is -0.721. The number of hydrogen-bond acceptors (Lipinski definition) is 4. The molecule has 0 aliphatic carbocycles. The van der Waals surface area contributed by atoms with Crippen LogP contribution in [0.15, 0.2) is 12.1 Å². The highest BCUT2D eigenvalue weighted by Gasteiger charge is 2.19. The predicted octanol–water partition coefficient (Wildman–Crippen LogP) is 1.75. The monoisotopic (exact) mass is 238 g/mol.